The van der Waals surface area contributed by atoms with E-state index in [1.807, 2.05) is 24.3 Å². The molecule has 1 heterocycles. The normalized spacial score (nSPS) is 19.7. The van der Waals surface area contributed by atoms with Crippen molar-refractivity contribution in [1.29, 1.82) is 0 Å². The summed E-state index contributed by atoms with van der Waals surface area (Å²) in [7, 11) is 0. The molecule has 1 atom stereocenters. The molecular weight excluding hydrogens is 228 g/mol. The van der Waals surface area contributed by atoms with Crippen LogP contribution in [0.5, 0.6) is 5.75 Å². The highest BCUT2D eigenvalue weighted by Gasteiger charge is 2.30. The second-order valence-corrected chi connectivity index (χ2v) is 4.57. The minimum absolute atomic E-state index is 0.0501. The summed E-state index contributed by atoms with van der Waals surface area (Å²) in [5, 5.41) is 11.5. The molecule has 1 fully saturated rings. The standard InChI is InChI=1S/C14H14N2O2/c15-12-6-7-16(14(12)18)13-3-1-2-9-4-5-10(17)8-11(9)13/h1-5,8,12,17H,6-7,15H2. The number of carbonyl (C=O) groups excluding carboxylic acids is 1. The van der Waals surface area contributed by atoms with Crippen LogP contribution in [-0.2, 0) is 4.79 Å². The van der Waals surface area contributed by atoms with Crippen molar-refractivity contribution >= 4 is 22.4 Å². The lowest BCUT2D eigenvalue weighted by Gasteiger charge is -2.18. The van der Waals surface area contributed by atoms with Crippen LogP contribution in [0.2, 0.25) is 0 Å². The number of fused-ring (bicyclic) bond motifs is 1. The van der Waals surface area contributed by atoms with Gasteiger partial charge in [0.2, 0.25) is 5.91 Å². The van der Waals surface area contributed by atoms with Crippen molar-refractivity contribution in [2.24, 2.45) is 5.73 Å². The maximum absolute atomic E-state index is 12.0. The minimum atomic E-state index is -0.405. The summed E-state index contributed by atoms with van der Waals surface area (Å²) in [6, 6.07) is 10.5. The van der Waals surface area contributed by atoms with Crippen LogP contribution >= 0.6 is 0 Å². The van der Waals surface area contributed by atoms with Gasteiger partial charge in [0.1, 0.15) is 5.75 Å². The topological polar surface area (TPSA) is 66.6 Å². The maximum Gasteiger partial charge on any atom is 0.243 e. The second kappa shape index (κ2) is 3.99. The molecule has 0 spiro atoms. The first-order valence-electron chi connectivity index (χ1n) is 5.95. The Labute approximate surface area is 105 Å². The van der Waals surface area contributed by atoms with Crippen molar-refractivity contribution in [1.82, 2.24) is 0 Å². The smallest absolute Gasteiger partial charge is 0.243 e. The van der Waals surface area contributed by atoms with Crippen molar-refractivity contribution < 1.29 is 9.90 Å². The zero-order valence-corrected chi connectivity index (χ0v) is 9.84. The lowest BCUT2D eigenvalue weighted by atomic mass is 10.1. The summed E-state index contributed by atoms with van der Waals surface area (Å²) in [6.07, 6.45) is 0.675. The number of phenolic OH excluding ortho intramolecular Hbond substituents is 1. The Hall–Kier alpha value is -2.07. The van der Waals surface area contributed by atoms with Crippen molar-refractivity contribution in [3.05, 3.63) is 36.4 Å². The van der Waals surface area contributed by atoms with Gasteiger partial charge in [0, 0.05) is 11.9 Å². The number of hydrogen-bond donors (Lipinski definition) is 2. The summed E-state index contributed by atoms with van der Waals surface area (Å²) < 4.78 is 0. The van der Waals surface area contributed by atoms with Crippen molar-refractivity contribution in [2.45, 2.75) is 12.5 Å². The first kappa shape index (κ1) is 11.0. The molecule has 2 aromatic rings. The van der Waals surface area contributed by atoms with Crippen LogP contribution in [0.25, 0.3) is 10.8 Å². The van der Waals surface area contributed by atoms with Crippen LogP contribution in [0.15, 0.2) is 36.4 Å². The molecule has 3 N–H and O–H groups in total. The molecule has 3 rings (SSSR count). The van der Waals surface area contributed by atoms with E-state index in [1.165, 1.54) is 0 Å². The van der Waals surface area contributed by atoms with Gasteiger partial charge in [-0.2, -0.15) is 0 Å². The molecule has 0 radical (unpaired) electrons. The molecule has 1 unspecified atom stereocenters. The molecule has 0 bridgehead atoms. The van der Waals surface area contributed by atoms with Crippen LogP contribution in [0, 0.1) is 0 Å². The summed E-state index contributed by atoms with van der Waals surface area (Å²) in [5.74, 6) is 0.150. The number of nitrogens with zero attached hydrogens (tertiary/aromatic N) is 1. The number of phenols is 1. The van der Waals surface area contributed by atoms with Gasteiger partial charge in [-0.3, -0.25) is 4.79 Å². The van der Waals surface area contributed by atoms with E-state index in [0.717, 1.165) is 16.5 Å². The molecule has 4 nitrogen and oxygen atoms in total. The number of aromatic hydroxyl groups is 1. The highest BCUT2D eigenvalue weighted by molar-refractivity contribution is 6.07. The van der Waals surface area contributed by atoms with E-state index in [1.54, 1.807) is 17.0 Å². The Balaban J connectivity index is 2.17. The lowest BCUT2D eigenvalue weighted by molar-refractivity contribution is -0.118. The summed E-state index contributed by atoms with van der Waals surface area (Å²) in [5.41, 5.74) is 6.56. The molecule has 4 heteroatoms. The van der Waals surface area contributed by atoms with E-state index in [4.69, 9.17) is 5.73 Å². The van der Waals surface area contributed by atoms with E-state index < -0.39 is 6.04 Å². The largest absolute Gasteiger partial charge is 0.508 e. The van der Waals surface area contributed by atoms with Crippen LogP contribution in [0.3, 0.4) is 0 Å². The Morgan fingerprint density at radius 2 is 2.11 bits per heavy atom. The summed E-state index contributed by atoms with van der Waals surface area (Å²) >= 11 is 0. The fourth-order valence-electron chi connectivity index (χ4n) is 2.42. The van der Waals surface area contributed by atoms with Gasteiger partial charge in [-0.1, -0.05) is 18.2 Å². The number of hydrogen-bond acceptors (Lipinski definition) is 3. The molecule has 1 amide bonds. The third-order valence-electron chi connectivity index (χ3n) is 3.38. The molecule has 0 saturated carbocycles. The zero-order chi connectivity index (χ0) is 12.7. The SMILES string of the molecule is NC1CCN(c2cccc3ccc(O)cc23)C1=O. The molecule has 0 aliphatic carbocycles. The molecule has 92 valence electrons. The van der Waals surface area contributed by atoms with Gasteiger partial charge >= 0.3 is 0 Å². The van der Waals surface area contributed by atoms with E-state index in [9.17, 15) is 9.90 Å². The Kier molecular flexibility index (Phi) is 2.45. The highest BCUT2D eigenvalue weighted by atomic mass is 16.3. The van der Waals surface area contributed by atoms with Crippen molar-refractivity contribution in [3.63, 3.8) is 0 Å². The number of rotatable bonds is 1. The first-order valence-corrected chi connectivity index (χ1v) is 5.95. The lowest BCUT2D eigenvalue weighted by Crippen LogP contribution is -2.34. The minimum Gasteiger partial charge on any atom is -0.508 e. The van der Waals surface area contributed by atoms with E-state index in [0.29, 0.717) is 13.0 Å². The van der Waals surface area contributed by atoms with Crippen molar-refractivity contribution in [3.8, 4) is 5.75 Å². The predicted molar refractivity (Wildman–Crippen MR) is 70.6 cm³/mol. The third kappa shape index (κ3) is 1.62. The summed E-state index contributed by atoms with van der Waals surface area (Å²) in [6.45, 7) is 0.634. The molecular formula is C14H14N2O2. The third-order valence-corrected chi connectivity index (χ3v) is 3.38. The number of benzene rings is 2. The highest BCUT2D eigenvalue weighted by Crippen LogP contribution is 2.31. The quantitative estimate of drug-likeness (QED) is 0.798. The monoisotopic (exact) mass is 242 g/mol. The fraction of sp³-hybridized carbons (Fsp3) is 0.214. The number of nitrogens with two attached hydrogens (primary N) is 1. The van der Waals surface area contributed by atoms with Crippen LogP contribution < -0.4 is 10.6 Å². The Morgan fingerprint density at radius 3 is 2.83 bits per heavy atom. The predicted octanol–water partition coefficient (Wildman–Crippen LogP) is 1.61. The average molecular weight is 242 g/mol. The molecule has 1 saturated heterocycles. The van der Waals surface area contributed by atoms with Gasteiger partial charge in [-0.15, -0.1) is 0 Å². The van der Waals surface area contributed by atoms with Gasteiger partial charge < -0.3 is 15.7 Å². The van der Waals surface area contributed by atoms with Crippen LogP contribution in [0.4, 0.5) is 5.69 Å². The maximum atomic E-state index is 12.0. The van der Waals surface area contributed by atoms with E-state index >= 15 is 0 Å². The van der Waals surface area contributed by atoms with Gasteiger partial charge in [0.05, 0.1) is 11.7 Å². The number of amides is 1. The van der Waals surface area contributed by atoms with Gasteiger partial charge in [-0.25, -0.2) is 0 Å². The van der Waals surface area contributed by atoms with E-state index in [2.05, 4.69) is 0 Å². The van der Waals surface area contributed by atoms with Gasteiger partial charge in [0.15, 0.2) is 0 Å². The van der Waals surface area contributed by atoms with Crippen molar-refractivity contribution in [2.75, 3.05) is 11.4 Å². The van der Waals surface area contributed by atoms with Gasteiger partial charge in [-0.05, 0) is 30.0 Å². The Bertz CT molecular complexity index is 624. The fourth-order valence-corrected chi connectivity index (χ4v) is 2.42. The number of anilines is 1. The number of carbonyl (C=O) groups is 1. The van der Waals surface area contributed by atoms with Crippen LogP contribution in [-0.4, -0.2) is 23.6 Å². The molecule has 0 aromatic heterocycles. The molecule has 18 heavy (non-hydrogen) atoms. The molecule has 1 aliphatic rings. The average Bonchev–Trinajstić information content (AvgIpc) is 2.69. The second-order valence-electron chi connectivity index (χ2n) is 4.57. The molecule has 2 aromatic carbocycles. The zero-order valence-electron chi connectivity index (χ0n) is 9.84. The van der Waals surface area contributed by atoms with Crippen LogP contribution in [0.1, 0.15) is 6.42 Å². The first-order chi connectivity index (χ1) is 8.66. The van der Waals surface area contributed by atoms with Gasteiger partial charge in [0.25, 0.3) is 0 Å². The molecule has 1 aliphatic heterocycles. The summed E-state index contributed by atoms with van der Waals surface area (Å²) in [4.78, 5) is 13.7. The Morgan fingerprint density at radius 1 is 1.28 bits per heavy atom. The van der Waals surface area contributed by atoms with E-state index in [-0.39, 0.29) is 11.7 Å².